The molecule has 3 fully saturated rings. The molecular weight excluding hydrogens is 466 g/mol. The van der Waals surface area contributed by atoms with Crippen molar-refractivity contribution in [2.75, 3.05) is 37.6 Å². The SMILES string of the molecule is O=C(N[C@H]1CC[C@H](CCN2CCN(c3noc4cc(F)c(Cl)cc34)CC2)CC1)C1CC(Cl)C1. The van der Waals surface area contributed by atoms with Gasteiger partial charge in [-0.3, -0.25) is 9.69 Å². The Bertz CT molecular complexity index is 980. The molecule has 2 aromatic rings. The molecule has 3 aliphatic rings. The van der Waals surface area contributed by atoms with Crippen LogP contribution in [-0.2, 0) is 4.79 Å². The molecule has 5 rings (SSSR count). The van der Waals surface area contributed by atoms with Crippen molar-refractivity contribution in [3.63, 3.8) is 0 Å². The predicted molar refractivity (Wildman–Crippen MR) is 129 cm³/mol. The number of benzene rings is 1. The number of fused-ring (bicyclic) bond motifs is 1. The van der Waals surface area contributed by atoms with Crippen molar-refractivity contribution in [2.45, 2.75) is 56.4 Å². The molecule has 0 bridgehead atoms. The van der Waals surface area contributed by atoms with E-state index in [-0.39, 0.29) is 22.2 Å². The van der Waals surface area contributed by atoms with E-state index in [1.54, 1.807) is 6.07 Å². The molecule has 2 heterocycles. The summed E-state index contributed by atoms with van der Waals surface area (Å²) in [5.74, 6) is 1.34. The summed E-state index contributed by atoms with van der Waals surface area (Å²) < 4.78 is 19.0. The third kappa shape index (κ3) is 5.25. The van der Waals surface area contributed by atoms with Crippen molar-refractivity contribution in [1.82, 2.24) is 15.4 Å². The van der Waals surface area contributed by atoms with E-state index in [9.17, 15) is 9.18 Å². The van der Waals surface area contributed by atoms with Crippen LogP contribution < -0.4 is 10.2 Å². The van der Waals surface area contributed by atoms with Crippen LogP contribution in [0, 0.1) is 17.7 Å². The van der Waals surface area contributed by atoms with Gasteiger partial charge in [-0.05, 0) is 63.5 Å². The molecule has 2 aliphatic carbocycles. The number of amides is 1. The number of alkyl halides is 1. The Labute approximate surface area is 203 Å². The second kappa shape index (κ2) is 9.96. The molecule has 1 aromatic carbocycles. The van der Waals surface area contributed by atoms with E-state index in [1.807, 2.05) is 0 Å². The maximum absolute atomic E-state index is 13.7. The number of hydrogen-bond acceptors (Lipinski definition) is 5. The first-order chi connectivity index (χ1) is 16.0. The maximum atomic E-state index is 13.7. The number of anilines is 1. The highest BCUT2D eigenvalue weighted by Gasteiger charge is 2.34. The first-order valence-corrected chi connectivity index (χ1v) is 12.9. The number of carbonyl (C=O) groups excluding carboxylic acids is 1. The van der Waals surface area contributed by atoms with Crippen LogP contribution in [0.4, 0.5) is 10.2 Å². The van der Waals surface area contributed by atoms with Gasteiger partial charge in [-0.15, -0.1) is 11.6 Å². The highest BCUT2D eigenvalue weighted by molar-refractivity contribution is 6.31. The zero-order valence-corrected chi connectivity index (χ0v) is 20.3. The van der Waals surface area contributed by atoms with Gasteiger partial charge >= 0.3 is 0 Å². The molecule has 0 spiro atoms. The highest BCUT2D eigenvalue weighted by Crippen LogP contribution is 2.34. The van der Waals surface area contributed by atoms with E-state index in [0.717, 1.165) is 75.5 Å². The second-order valence-electron chi connectivity index (χ2n) is 9.88. The second-order valence-corrected chi connectivity index (χ2v) is 10.9. The van der Waals surface area contributed by atoms with Gasteiger partial charge in [-0.1, -0.05) is 16.8 Å². The van der Waals surface area contributed by atoms with Gasteiger partial charge in [0.1, 0.15) is 5.82 Å². The van der Waals surface area contributed by atoms with Gasteiger partial charge in [0.05, 0.1) is 10.4 Å². The number of piperazine rings is 1. The monoisotopic (exact) mass is 496 g/mol. The molecule has 1 aromatic heterocycles. The molecule has 1 N–H and O–H groups in total. The molecule has 6 nitrogen and oxygen atoms in total. The van der Waals surface area contributed by atoms with Crippen LogP contribution >= 0.6 is 23.2 Å². The minimum absolute atomic E-state index is 0.0896. The lowest BCUT2D eigenvalue weighted by atomic mass is 9.81. The van der Waals surface area contributed by atoms with Gasteiger partial charge < -0.3 is 14.7 Å². The van der Waals surface area contributed by atoms with Crippen LogP contribution in [0.15, 0.2) is 16.7 Å². The molecule has 33 heavy (non-hydrogen) atoms. The summed E-state index contributed by atoms with van der Waals surface area (Å²) in [5.41, 5.74) is 0.428. The topological polar surface area (TPSA) is 61.6 Å². The fraction of sp³-hybridized carbons (Fsp3) is 0.667. The third-order valence-electron chi connectivity index (χ3n) is 7.66. The van der Waals surface area contributed by atoms with Crippen LogP contribution in [0.25, 0.3) is 11.0 Å². The molecule has 0 unspecified atom stereocenters. The van der Waals surface area contributed by atoms with E-state index in [0.29, 0.717) is 11.6 Å². The molecule has 2 saturated carbocycles. The maximum Gasteiger partial charge on any atom is 0.223 e. The third-order valence-corrected chi connectivity index (χ3v) is 8.31. The van der Waals surface area contributed by atoms with Gasteiger partial charge in [0.2, 0.25) is 5.91 Å². The summed E-state index contributed by atoms with van der Waals surface area (Å²) in [6.45, 7) is 4.76. The summed E-state index contributed by atoms with van der Waals surface area (Å²) in [5, 5.41) is 8.46. The molecule has 9 heteroatoms. The minimum Gasteiger partial charge on any atom is -0.354 e. The van der Waals surface area contributed by atoms with Crippen molar-refractivity contribution >= 4 is 45.9 Å². The zero-order valence-electron chi connectivity index (χ0n) is 18.7. The van der Waals surface area contributed by atoms with E-state index in [1.165, 1.54) is 25.3 Å². The summed E-state index contributed by atoms with van der Waals surface area (Å²) in [4.78, 5) is 17.0. The number of aromatic nitrogens is 1. The minimum atomic E-state index is -0.490. The molecule has 1 amide bonds. The van der Waals surface area contributed by atoms with E-state index < -0.39 is 5.82 Å². The van der Waals surface area contributed by atoms with Crippen molar-refractivity contribution in [3.05, 3.63) is 23.0 Å². The molecule has 0 radical (unpaired) electrons. The van der Waals surface area contributed by atoms with Gasteiger partial charge in [0, 0.05) is 49.6 Å². The molecule has 1 aliphatic heterocycles. The molecule has 1 saturated heterocycles. The number of rotatable bonds is 6. The largest absolute Gasteiger partial charge is 0.354 e. The first kappa shape index (κ1) is 23.2. The van der Waals surface area contributed by atoms with Crippen LogP contribution in [0.5, 0.6) is 0 Å². The van der Waals surface area contributed by atoms with E-state index in [4.69, 9.17) is 27.7 Å². The van der Waals surface area contributed by atoms with Crippen LogP contribution in [-0.4, -0.2) is 60.1 Å². The number of nitrogens with zero attached hydrogens (tertiary/aromatic N) is 3. The molecule has 0 atom stereocenters. The smallest absolute Gasteiger partial charge is 0.223 e. The number of carbonyl (C=O) groups is 1. The quantitative estimate of drug-likeness (QED) is 0.580. The number of nitrogens with one attached hydrogen (secondary N) is 1. The number of hydrogen-bond donors (Lipinski definition) is 1. The Balaban J connectivity index is 1.03. The van der Waals surface area contributed by atoms with Crippen molar-refractivity contribution in [2.24, 2.45) is 11.8 Å². The van der Waals surface area contributed by atoms with Gasteiger partial charge in [0.25, 0.3) is 0 Å². The summed E-state index contributed by atoms with van der Waals surface area (Å²) in [6.07, 6.45) is 7.42. The van der Waals surface area contributed by atoms with Gasteiger partial charge in [0.15, 0.2) is 11.4 Å². The lowest BCUT2D eigenvalue weighted by molar-refractivity contribution is -0.128. The Kier molecular flexibility index (Phi) is 7.00. The van der Waals surface area contributed by atoms with Gasteiger partial charge in [-0.25, -0.2) is 4.39 Å². The average molecular weight is 497 g/mol. The molecule has 180 valence electrons. The Morgan fingerprint density at radius 1 is 1.15 bits per heavy atom. The van der Waals surface area contributed by atoms with E-state index in [2.05, 4.69) is 20.3 Å². The average Bonchev–Trinajstić information content (AvgIpc) is 3.19. The van der Waals surface area contributed by atoms with Crippen molar-refractivity contribution in [3.8, 4) is 0 Å². The zero-order chi connectivity index (χ0) is 22.9. The highest BCUT2D eigenvalue weighted by atomic mass is 35.5. The van der Waals surface area contributed by atoms with Gasteiger partial charge in [-0.2, -0.15) is 0 Å². The van der Waals surface area contributed by atoms with Crippen LogP contribution in [0.1, 0.15) is 44.9 Å². The Hall–Kier alpha value is -1.57. The van der Waals surface area contributed by atoms with Crippen LogP contribution in [0.2, 0.25) is 5.02 Å². The predicted octanol–water partition coefficient (Wildman–Crippen LogP) is 4.82. The first-order valence-electron chi connectivity index (χ1n) is 12.1. The van der Waals surface area contributed by atoms with Crippen LogP contribution in [0.3, 0.4) is 0 Å². The Morgan fingerprint density at radius 3 is 2.58 bits per heavy atom. The fourth-order valence-corrected chi connectivity index (χ4v) is 5.97. The summed E-state index contributed by atoms with van der Waals surface area (Å²) in [7, 11) is 0. The fourth-order valence-electron chi connectivity index (χ4n) is 5.37. The standard InChI is InChI=1S/C24H31Cl2FN4O2/c25-17-11-16(12-17)24(32)28-18-3-1-15(2-4-18)5-6-30-7-9-31(10-8-30)23-19-13-20(26)21(27)14-22(19)33-29-23/h13-18H,1-12H2,(H,28,32)/t15-,16?,17?,18-. The lowest BCUT2D eigenvalue weighted by Crippen LogP contribution is -2.47. The van der Waals surface area contributed by atoms with Crippen molar-refractivity contribution < 1.29 is 13.7 Å². The summed E-state index contributed by atoms with van der Waals surface area (Å²) in [6, 6.07) is 3.24. The van der Waals surface area contributed by atoms with Crippen molar-refractivity contribution in [1.29, 1.82) is 0 Å². The normalized spacial score (nSPS) is 28.6. The number of halogens is 3. The summed E-state index contributed by atoms with van der Waals surface area (Å²) >= 11 is 12.0. The molecular formula is C24H31Cl2FN4O2. The Morgan fingerprint density at radius 2 is 1.88 bits per heavy atom. The lowest BCUT2D eigenvalue weighted by Gasteiger charge is -2.36. The van der Waals surface area contributed by atoms with E-state index >= 15 is 0 Å².